The first-order chi connectivity index (χ1) is 8.26. The van der Waals surface area contributed by atoms with Crippen LogP contribution in [0.3, 0.4) is 0 Å². The topological polar surface area (TPSA) is 44.8 Å². The molecular weight excluding hydrogens is 220 g/mol. The summed E-state index contributed by atoms with van der Waals surface area (Å²) in [5.41, 5.74) is 0. The van der Waals surface area contributed by atoms with Crippen molar-refractivity contribution >= 4 is 5.97 Å². The Labute approximate surface area is 101 Å². The van der Waals surface area contributed by atoms with Crippen LogP contribution in [0, 0.1) is 11.8 Å². The maximum Gasteiger partial charge on any atom is 0.330 e. The molecule has 0 aromatic carbocycles. The summed E-state index contributed by atoms with van der Waals surface area (Å²) >= 11 is 0. The first-order valence-electron chi connectivity index (χ1n) is 6.37. The number of carbonyl (C=O) groups excluding carboxylic acids is 1. The SMILES string of the molecule is C=CC(=O)OC1C2CCC(C2)C12OCCCO2. The first kappa shape index (κ1) is 11.2. The Bertz CT molecular complexity index is 332. The van der Waals surface area contributed by atoms with Gasteiger partial charge in [-0.05, 0) is 25.7 Å². The molecule has 1 spiro atoms. The van der Waals surface area contributed by atoms with Gasteiger partial charge in [-0.3, -0.25) is 0 Å². The van der Waals surface area contributed by atoms with Gasteiger partial charge < -0.3 is 14.2 Å². The number of esters is 1. The molecule has 4 heteroatoms. The minimum atomic E-state index is -0.653. The van der Waals surface area contributed by atoms with Crippen molar-refractivity contribution < 1.29 is 19.0 Å². The number of hydrogen-bond donors (Lipinski definition) is 0. The molecule has 2 aliphatic carbocycles. The zero-order valence-corrected chi connectivity index (χ0v) is 9.89. The second kappa shape index (κ2) is 4.10. The Hall–Kier alpha value is -0.870. The molecule has 3 aliphatic rings. The summed E-state index contributed by atoms with van der Waals surface area (Å²) in [4.78, 5) is 11.4. The molecule has 17 heavy (non-hydrogen) atoms. The van der Waals surface area contributed by atoms with Crippen LogP contribution in [-0.2, 0) is 19.0 Å². The Morgan fingerprint density at radius 3 is 2.82 bits per heavy atom. The molecule has 3 unspecified atom stereocenters. The van der Waals surface area contributed by atoms with E-state index in [1.54, 1.807) is 0 Å². The van der Waals surface area contributed by atoms with Crippen LogP contribution in [0.1, 0.15) is 25.7 Å². The van der Waals surface area contributed by atoms with Gasteiger partial charge in [-0.1, -0.05) is 6.58 Å². The standard InChI is InChI=1S/C13H18O4/c1-2-11(14)17-12-9-4-5-10(8-9)13(12)15-6-3-7-16-13/h2,9-10,12H,1,3-8H2. The first-order valence-corrected chi connectivity index (χ1v) is 6.37. The average Bonchev–Trinajstić information content (AvgIpc) is 2.93. The molecule has 0 radical (unpaired) electrons. The third-order valence-corrected chi connectivity index (χ3v) is 4.22. The van der Waals surface area contributed by atoms with Gasteiger partial charge >= 0.3 is 5.97 Å². The van der Waals surface area contributed by atoms with Crippen LogP contribution in [-0.4, -0.2) is 31.1 Å². The van der Waals surface area contributed by atoms with E-state index in [1.165, 1.54) is 6.08 Å². The van der Waals surface area contributed by atoms with Crippen LogP contribution in [0.5, 0.6) is 0 Å². The number of fused-ring (bicyclic) bond motifs is 3. The van der Waals surface area contributed by atoms with Gasteiger partial charge in [0, 0.05) is 17.9 Å². The van der Waals surface area contributed by atoms with Gasteiger partial charge in [0.2, 0.25) is 5.79 Å². The predicted molar refractivity (Wildman–Crippen MR) is 60.2 cm³/mol. The molecule has 3 atom stereocenters. The molecule has 4 nitrogen and oxygen atoms in total. The fraction of sp³-hybridized carbons (Fsp3) is 0.769. The van der Waals surface area contributed by atoms with E-state index in [0.717, 1.165) is 25.7 Å². The van der Waals surface area contributed by atoms with E-state index in [9.17, 15) is 4.79 Å². The molecule has 2 bridgehead atoms. The van der Waals surface area contributed by atoms with Gasteiger partial charge in [0.1, 0.15) is 0 Å². The summed E-state index contributed by atoms with van der Waals surface area (Å²) in [6.45, 7) is 4.84. The lowest BCUT2D eigenvalue weighted by Gasteiger charge is -2.44. The Morgan fingerprint density at radius 1 is 1.35 bits per heavy atom. The van der Waals surface area contributed by atoms with E-state index in [2.05, 4.69) is 6.58 Å². The van der Waals surface area contributed by atoms with Crippen LogP contribution >= 0.6 is 0 Å². The fourth-order valence-corrected chi connectivity index (χ4v) is 3.53. The molecule has 1 aliphatic heterocycles. The second-order valence-corrected chi connectivity index (χ2v) is 5.10. The van der Waals surface area contributed by atoms with Gasteiger partial charge in [0.25, 0.3) is 0 Å². The van der Waals surface area contributed by atoms with Crippen molar-refractivity contribution in [2.45, 2.75) is 37.6 Å². The molecule has 2 saturated carbocycles. The normalized spacial score (nSPS) is 38.2. The number of rotatable bonds is 2. The van der Waals surface area contributed by atoms with Crippen LogP contribution in [0.25, 0.3) is 0 Å². The maximum atomic E-state index is 11.4. The van der Waals surface area contributed by atoms with E-state index in [-0.39, 0.29) is 12.1 Å². The zero-order valence-electron chi connectivity index (χ0n) is 9.89. The molecule has 0 N–H and O–H groups in total. The van der Waals surface area contributed by atoms with Crippen LogP contribution in [0.15, 0.2) is 12.7 Å². The fourth-order valence-electron chi connectivity index (χ4n) is 3.53. The van der Waals surface area contributed by atoms with E-state index in [1.807, 2.05) is 0 Å². The molecule has 0 aromatic rings. The lowest BCUT2D eigenvalue weighted by atomic mass is 9.90. The summed E-state index contributed by atoms with van der Waals surface area (Å²) in [5.74, 6) is -0.253. The third kappa shape index (κ3) is 1.62. The summed E-state index contributed by atoms with van der Waals surface area (Å²) in [5, 5.41) is 0. The molecule has 1 saturated heterocycles. The van der Waals surface area contributed by atoms with Crippen LogP contribution < -0.4 is 0 Å². The van der Waals surface area contributed by atoms with Gasteiger partial charge in [0.15, 0.2) is 6.10 Å². The van der Waals surface area contributed by atoms with Crippen LogP contribution in [0.2, 0.25) is 0 Å². The minimum Gasteiger partial charge on any atom is -0.453 e. The molecule has 94 valence electrons. The largest absolute Gasteiger partial charge is 0.453 e. The summed E-state index contributed by atoms with van der Waals surface area (Å²) < 4.78 is 17.2. The summed E-state index contributed by atoms with van der Waals surface area (Å²) in [7, 11) is 0. The minimum absolute atomic E-state index is 0.243. The van der Waals surface area contributed by atoms with E-state index in [4.69, 9.17) is 14.2 Å². The Morgan fingerprint density at radius 2 is 2.12 bits per heavy atom. The molecule has 0 amide bonds. The van der Waals surface area contributed by atoms with Crippen molar-refractivity contribution in [1.82, 2.24) is 0 Å². The highest BCUT2D eigenvalue weighted by Crippen LogP contribution is 2.55. The lowest BCUT2D eigenvalue weighted by molar-refractivity contribution is -0.327. The molecular formula is C13H18O4. The Balaban J connectivity index is 1.83. The molecule has 1 heterocycles. The van der Waals surface area contributed by atoms with Crippen molar-refractivity contribution in [1.29, 1.82) is 0 Å². The smallest absolute Gasteiger partial charge is 0.330 e. The van der Waals surface area contributed by atoms with Crippen LogP contribution in [0.4, 0.5) is 0 Å². The average molecular weight is 238 g/mol. The van der Waals surface area contributed by atoms with Crippen molar-refractivity contribution in [2.24, 2.45) is 11.8 Å². The second-order valence-electron chi connectivity index (χ2n) is 5.10. The monoisotopic (exact) mass is 238 g/mol. The highest BCUT2D eigenvalue weighted by molar-refractivity contribution is 5.81. The van der Waals surface area contributed by atoms with Crippen molar-refractivity contribution in [3.63, 3.8) is 0 Å². The molecule has 3 fully saturated rings. The number of carbonyl (C=O) groups is 1. The summed E-state index contributed by atoms with van der Waals surface area (Å²) in [6.07, 6.45) is 5.16. The molecule has 0 aromatic heterocycles. The third-order valence-electron chi connectivity index (χ3n) is 4.22. The van der Waals surface area contributed by atoms with E-state index >= 15 is 0 Å². The van der Waals surface area contributed by atoms with E-state index in [0.29, 0.717) is 25.0 Å². The van der Waals surface area contributed by atoms with Gasteiger partial charge in [0.05, 0.1) is 13.2 Å². The quantitative estimate of drug-likeness (QED) is 0.542. The van der Waals surface area contributed by atoms with Gasteiger partial charge in [-0.15, -0.1) is 0 Å². The molecule has 3 rings (SSSR count). The van der Waals surface area contributed by atoms with Crippen molar-refractivity contribution in [3.8, 4) is 0 Å². The van der Waals surface area contributed by atoms with Crippen molar-refractivity contribution in [3.05, 3.63) is 12.7 Å². The van der Waals surface area contributed by atoms with Gasteiger partial charge in [-0.25, -0.2) is 4.79 Å². The number of hydrogen-bond acceptors (Lipinski definition) is 4. The number of ether oxygens (including phenoxy) is 3. The summed E-state index contributed by atoms with van der Waals surface area (Å²) in [6, 6.07) is 0. The zero-order chi connectivity index (χ0) is 11.9. The maximum absolute atomic E-state index is 11.4. The predicted octanol–water partition coefficient (Wildman–Crippen LogP) is 1.65. The highest BCUT2D eigenvalue weighted by Gasteiger charge is 2.63. The van der Waals surface area contributed by atoms with Gasteiger partial charge in [-0.2, -0.15) is 0 Å². The Kier molecular flexibility index (Phi) is 2.71. The lowest BCUT2D eigenvalue weighted by Crippen LogP contribution is -2.55. The van der Waals surface area contributed by atoms with Crippen molar-refractivity contribution in [2.75, 3.05) is 13.2 Å². The van der Waals surface area contributed by atoms with E-state index < -0.39 is 5.79 Å². The highest BCUT2D eigenvalue weighted by atomic mass is 16.7.